The van der Waals surface area contributed by atoms with Gasteiger partial charge in [-0.15, -0.1) is 0 Å². The van der Waals surface area contributed by atoms with Crippen molar-refractivity contribution in [3.8, 4) is 0 Å². The van der Waals surface area contributed by atoms with Crippen molar-refractivity contribution in [3.63, 3.8) is 0 Å². The smallest absolute Gasteiger partial charge is 0.452 e. The summed E-state index contributed by atoms with van der Waals surface area (Å²) < 4.78 is 44.9. The number of hydrogen-bond acceptors (Lipinski definition) is 5. The topological polar surface area (TPSA) is 51.0 Å². The first-order valence-electron chi connectivity index (χ1n) is 4.73. The first-order valence-corrected chi connectivity index (χ1v) is 5.50. The summed E-state index contributed by atoms with van der Waals surface area (Å²) in [6, 6.07) is 3.55. The Hall–Kier alpha value is -1.57. The molecule has 0 aliphatic rings. The second-order valence-corrected chi connectivity index (χ2v) is 3.93. The fourth-order valence-electron chi connectivity index (χ4n) is 1.16. The molecule has 92 valence electrons. The van der Waals surface area contributed by atoms with Crippen LogP contribution in [0.15, 0.2) is 22.8 Å². The summed E-state index contributed by atoms with van der Waals surface area (Å²) in [4.78, 5) is 3.34. The Labute approximate surface area is 98.6 Å². The summed E-state index contributed by atoms with van der Waals surface area (Å²) in [6.07, 6.45) is -2.37. The highest BCUT2D eigenvalue weighted by Crippen LogP contribution is 2.28. The predicted octanol–water partition coefficient (Wildman–Crippen LogP) is 2.80. The van der Waals surface area contributed by atoms with Crippen LogP contribution in [-0.4, -0.2) is 15.9 Å². The lowest BCUT2D eigenvalue weighted by Gasteiger charge is -2.00. The molecule has 0 radical (unpaired) electrons. The maximum Gasteiger partial charge on any atom is 0.452 e. The highest BCUT2D eigenvalue weighted by Gasteiger charge is 2.36. The monoisotopic (exact) mass is 263 g/mol. The average Bonchev–Trinajstić information content (AvgIpc) is 2.86. The minimum atomic E-state index is -4.49. The van der Waals surface area contributed by atoms with Crippen molar-refractivity contribution in [1.82, 2.24) is 9.36 Å². The molecule has 8 heteroatoms. The Morgan fingerprint density at radius 2 is 2.24 bits per heavy atom. The zero-order valence-corrected chi connectivity index (χ0v) is 9.31. The number of hydrogen-bond donors (Lipinski definition) is 1. The molecule has 0 saturated carbocycles. The van der Waals surface area contributed by atoms with E-state index in [1.807, 2.05) is 0 Å². The van der Waals surface area contributed by atoms with Crippen LogP contribution in [0.2, 0.25) is 0 Å². The molecule has 2 rings (SSSR count). The Balaban J connectivity index is 1.85. The Bertz CT molecular complexity index is 466. The van der Waals surface area contributed by atoms with Gasteiger partial charge in [0, 0.05) is 24.5 Å². The molecule has 0 aromatic carbocycles. The fraction of sp³-hybridized carbons (Fsp3) is 0.333. The van der Waals surface area contributed by atoms with Crippen LogP contribution in [0, 0.1) is 0 Å². The van der Waals surface area contributed by atoms with E-state index in [-0.39, 0.29) is 5.13 Å². The van der Waals surface area contributed by atoms with Gasteiger partial charge in [0.15, 0.2) is 0 Å². The highest BCUT2D eigenvalue weighted by molar-refractivity contribution is 7.09. The van der Waals surface area contributed by atoms with E-state index in [2.05, 4.69) is 14.7 Å². The molecule has 0 amide bonds. The van der Waals surface area contributed by atoms with E-state index < -0.39 is 12.0 Å². The van der Waals surface area contributed by atoms with Gasteiger partial charge in [0.25, 0.3) is 0 Å². The van der Waals surface area contributed by atoms with Crippen molar-refractivity contribution >= 4 is 16.7 Å². The Kier molecular flexibility index (Phi) is 3.32. The van der Waals surface area contributed by atoms with E-state index in [0.717, 1.165) is 5.76 Å². The molecule has 0 spiro atoms. The van der Waals surface area contributed by atoms with Crippen molar-refractivity contribution in [2.75, 3.05) is 11.9 Å². The van der Waals surface area contributed by atoms with Crippen LogP contribution < -0.4 is 5.32 Å². The van der Waals surface area contributed by atoms with Gasteiger partial charge in [0.2, 0.25) is 11.0 Å². The molecule has 2 heterocycles. The summed E-state index contributed by atoms with van der Waals surface area (Å²) in [6.45, 7) is 0.444. The third-order valence-electron chi connectivity index (χ3n) is 1.91. The Morgan fingerprint density at radius 1 is 1.41 bits per heavy atom. The highest BCUT2D eigenvalue weighted by atomic mass is 32.1. The Morgan fingerprint density at radius 3 is 2.82 bits per heavy atom. The van der Waals surface area contributed by atoms with Crippen LogP contribution in [0.4, 0.5) is 18.3 Å². The molecule has 0 unspecified atom stereocenters. The number of aromatic nitrogens is 2. The number of rotatable bonds is 4. The van der Waals surface area contributed by atoms with Gasteiger partial charge in [-0.2, -0.15) is 22.5 Å². The molecule has 0 aliphatic heterocycles. The van der Waals surface area contributed by atoms with Crippen LogP contribution in [0.25, 0.3) is 0 Å². The van der Waals surface area contributed by atoms with Gasteiger partial charge in [0.1, 0.15) is 5.76 Å². The van der Waals surface area contributed by atoms with Gasteiger partial charge in [-0.1, -0.05) is 0 Å². The number of nitrogens with zero attached hydrogens (tertiary/aromatic N) is 2. The summed E-state index contributed by atoms with van der Waals surface area (Å²) in [7, 11) is 0. The number of alkyl halides is 3. The summed E-state index contributed by atoms with van der Waals surface area (Å²) in [5.74, 6) is -0.346. The van der Waals surface area contributed by atoms with Crippen LogP contribution in [0.1, 0.15) is 11.6 Å². The molecule has 0 atom stereocenters. The van der Waals surface area contributed by atoms with Crippen molar-refractivity contribution in [2.24, 2.45) is 0 Å². The normalized spacial score (nSPS) is 11.7. The quantitative estimate of drug-likeness (QED) is 0.921. The average molecular weight is 263 g/mol. The van der Waals surface area contributed by atoms with E-state index in [4.69, 9.17) is 4.42 Å². The molecule has 2 aromatic rings. The fourth-order valence-corrected chi connectivity index (χ4v) is 1.77. The minimum Gasteiger partial charge on any atom is -0.469 e. The van der Waals surface area contributed by atoms with Crippen LogP contribution in [-0.2, 0) is 12.6 Å². The van der Waals surface area contributed by atoms with E-state index in [0.29, 0.717) is 24.5 Å². The van der Waals surface area contributed by atoms with Gasteiger partial charge in [-0.3, -0.25) is 0 Å². The molecular formula is C9H8F3N3OS. The molecule has 0 aliphatic carbocycles. The SMILES string of the molecule is FC(F)(F)c1nsc(NCCc2ccco2)n1. The second kappa shape index (κ2) is 4.74. The molecule has 1 N–H and O–H groups in total. The number of halogens is 3. The van der Waals surface area contributed by atoms with Crippen LogP contribution in [0.3, 0.4) is 0 Å². The van der Waals surface area contributed by atoms with Crippen molar-refractivity contribution in [1.29, 1.82) is 0 Å². The zero-order chi connectivity index (χ0) is 12.3. The van der Waals surface area contributed by atoms with Gasteiger partial charge in [-0.25, -0.2) is 0 Å². The maximum atomic E-state index is 12.2. The molecule has 0 bridgehead atoms. The number of anilines is 1. The van der Waals surface area contributed by atoms with Crippen LogP contribution in [0.5, 0.6) is 0 Å². The third kappa shape index (κ3) is 3.19. The predicted molar refractivity (Wildman–Crippen MR) is 55.8 cm³/mol. The second-order valence-electron chi connectivity index (χ2n) is 3.18. The summed E-state index contributed by atoms with van der Waals surface area (Å²) >= 11 is 0.691. The molecule has 2 aromatic heterocycles. The standard InChI is InChI=1S/C9H8F3N3OS/c10-9(11,12)7-14-8(17-15-7)13-4-3-6-2-1-5-16-6/h1-2,5H,3-4H2,(H,13,14,15). The van der Waals surface area contributed by atoms with Crippen LogP contribution >= 0.6 is 11.5 Å². The molecular weight excluding hydrogens is 255 g/mol. The first kappa shape index (κ1) is 11.9. The van der Waals surface area contributed by atoms with E-state index in [9.17, 15) is 13.2 Å². The zero-order valence-electron chi connectivity index (χ0n) is 8.49. The largest absolute Gasteiger partial charge is 0.469 e. The summed E-state index contributed by atoms with van der Waals surface area (Å²) in [5, 5.41) is 2.92. The summed E-state index contributed by atoms with van der Waals surface area (Å²) in [5.41, 5.74) is 0. The molecule has 0 saturated heterocycles. The van der Waals surface area contributed by atoms with Crippen molar-refractivity contribution in [3.05, 3.63) is 30.0 Å². The van der Waals surface area contributed by atoms with Gasteiger partial charge in [0.05, 0.1) is 6.26 Å². The van der Waals surface area contributed by atoms with Gasteiger partial charge < -0.3 is 9.73 Å². The maximum absolute atomic E-state index is 12.2. The van der Waals surface area contributed by atoms with Crippen molar-refractivity contribution < 1.29 is 17.6 Å². The minimum absolute atomic E-state index is 0.156. The molecule has 17 heavy (non-hydrogen) atoms. The lowest BCUT2D eigenvalue weighted by molar-refractivity contribution is -0.144. The third-order valence-corrected chi connectivity index (χ3v) is 2.58. The van der Waals surface area contributed by atoms with Crippen molar-refractivity contribution in [2.45, 2.75) is 12.6 Å². The van der Waals surface area contributed by atoms with Gasteiger partial charge in [-0.05, 0) is 12.1 Å². The number of nitrogens with one attached hydrogen (secondary N) is 1. The lowest BCUT2D eigenvalue weighted by atomic mass is 10.3. The lowest BCUT2D eigenvalue weighted by Crippen LogP contribution is -2.08. The van der Waals surface area contributed by atoms with Gasteiger partial charge >= 0.3 is 6.18 Å². The van der Waals surface area contributed by atoms with E-state index >= 15 is 0 Å². The number of furan rings is 1. The first-order chi connectivity index (χ1) is 8.05. The van der Waals surface area contributed by atoms with E-state index in [1.54, 1.807) is 18.4 Å². The molecule has 4 nitrogen and oxygen atoms in total. The van der Waals surface area contributed by atoms with E-state index in [1.165, 1.54) is 0 Å². The molecule has 0 fully saturated rings.